The van der Waals surface area contributed by atoms with E-state index in [1.165, 1.54) is 6.07 Å². The van der Waals surface area contributed by atoms with Gasteiger partial charge in [-0.1, -0.05) is 23.2 Å². The molecule has 6 heteroatoms. The molecule has 0 aliphatic rings. The highest BCUT2D eigenvalue weighted by atomic mass is 35.5. The highest BCUT2D eigenvalue weighted by Crippen LogP contribution is 2.21. The summed E-state index contributed by atoms with van der Waals surface area (Å²) in [6.07, 6.45) is 0. The van der Waals surface area contributed by atoms with Gasteiger partial charge in [-0.05, 0) is 32.0 Å². The lowest BCUT2D eigenvalue weighted by molar-refractivity contribution is -0.119. The molecule has 0 radical (unpaired) electrons. The number of hydrogen-bond donors (Lipinski definition) is 1. The molecule has 0 saturated heterocycles. The first-order valence-corrected chi connectivity index (χ1v) is 6.57. The Hall–Kier alpha value is -1.10. The highest BCUT2D eigenvalue weighted by molar-refractivity contribution is 6.36. The Morgan fingerprint density at radius 1 is 1.26 bits per heavy atom. The lowest BCUT2D eigenvalue weighted by Gasteiger charge is -2.24. The van der Waals surface area contributed by atoms with Gasteiger partial charge in [-0.25, -0.2) is 0 Å². The van der Waals surface area contributed by atoms with Crippen molar-refractivity contribution in [1.29, 1.82) is 0 Å². The quantitative estimate of drug-likeness (QED) is 0.821. The van der Waals surface area contributed by atoms with E-state index < -0.39 is 5.91 Å². The number of Topliss-reactive ketones (excluding diaryl/α,β-unsaturated/α-hetero) is 1. The first kappa shape index (κ1) is 16.0. The molecule has 0 fully saturated rings. The van der Waals surface area contributed by atoms with Crippen molar-refractivity contribution in [2.24, 2.45) is 5.73 Å². The van der Waals surface area contributed by atoms with Crippen molar-refractivity contribution in [3.05, 3.63) is 33.8 Å². The Labute approximate surface area is 122 Å². The minimum Gasteiger partial charge on any atom is -0.369 e. The van der Waals surface area contributed by atoms with Crippen LogP contribution in [0.3, 0.4) is 0 Å². The van der Waals surface area contributed by atoms with Crippen LogP contribution in [0, 0.1) is 0 Å². The summed E-state index contributed by atoms with van der Waals surface area (Å²) in [7, 11) is 0. The average molecular weight is 303 g/mol. The molecular formula is C13H16Cl2N2O2. The van der Waals surface area contributed by atoms with Crippen molar-refractivity contribution in [2.45, 2.75) is 19.9 Å². The number of primary amides is 1. The molecule has 2 N–H and O–H groups in total. The van der Waals surface area contributed by atoms with Crippen molar-refractivity contribution in [3.8, 4) is 0 Å². The van der Waals surface area contributed by atoms with Crippen LogP contribution in [0.15, 0.2) is 18.2 Å². The van der Waals surface area contributed by atoms with Crippen LogP contribution in [-0.2, 0) is 4.79 Å². The van der Waals surface area contributed by atoms with Gasteiger partial charge in [0.05, 0.1) is 18.1 Å². The molecule has 0 bridgehead atoms. The summed E-state index contributed by atoms with van der Waals surface area (Å²) < 4.78 is 0. The normalized spacial score (nSPS) is 11.1. The molecule has 1 aromatic rings. The molecule has 0 saturated carbocycles. The molecule has 104 valence electrons. The number of ketones is 1. The molecule has 0 heterocycles. The Bertz CT molecular complexity index is 490. The predicted molar refractivity (Wildman–Crippen MR) is 76.7 cm³/mol. The monoisotopic (exact) mass is 302 g/mol. The van der Waals surface area contributed by atoms with E-state index in [4.69, 9.17) is 28.9 Å². The van der Waals surface area contributed by atoms with Gasteiger partial charge in [-0.2, -0.15) is 0 Å². The lowest BCUT2D eigenvalue weighted by Crippen LogP contribution is -2.41. The molecule has 1 rings (SSSR count). The fourth-order valence-electron chi connectivity index (χ4n) is 1.60. The number of hydrogen-bond acceptors (Lipinski definition) is 3. The van der Waals surface area contributed by atoms with Gasteiger partial charge in [0.15, 0.2) is 5.78 Å². The Balaban J connectivity index is 2.87. The third-order valence-corrected chi connectivity index (χ3v) is 3.23. The van der Waals surface area contributed by atoms with Crippen molar-refractivity contribution in [3.63, 3.8) is 0 Å². The molecule has 0 unspecified atom stereocenters. The summed E-state index contributed by atoms with van der Waals surface area (Å²) in [5, 5.41) is 0.788. The first-order chi connectivity index (χ1) is 8.81. The predicted octanol–water partition coefficient (Wildman–Crippen LogP) is 2.37. The number of rotatable bonds is 6. The van der Waals surface area contributed by atoms with Crippen molar-refractivity contribution >= 4 is 34.9 Å². The lowest BCUT2D eigenvalue weighted by atomic mass is 10.1. The molecule has 0 aromatic heterocycles. The maximum Gasteiger partial charge on any atom is 0.231 e. The van der Waals surface area contributed by atoms with E-state index >= 15 is 0 Å². The summed E-state index contributed by atoms with van der Waals surface area (Å²) in [5.74, 6) is -0.666. The minimum atomic E-state index is -0.473. The molecule has 0 aliphatic heterocycles. The second-order valence-electron chi connectivity index (χ2n) is 4.51. The third kappa shape index (κ3) is 4.82. The highest BCUT2D eigenvalue weighted by Gasteiger charge is 2.19. The SMILES string of the molecule is CC(C)N(CC(N)=O)CC(=O)c1cc(Cl)ccc1Cl. The summed E-state index contributed by atoms with van der Waals surface area (Å²) in [5.41, 5.74) is 5.51. The summed E-state index contributed by atoms with van der Waals surface area (Å²) in [4.78, 5) is 24.8. The third-order valence-electron chi connectivity index (χ3n) is 2.66. The van der Waals surface area contributed by atoms with Gasteiger partial charge >= 0.3 is 0 Å². The number of amides is 1. The Kier molecular flexibility index (Phi) is 5.79. The number of carbonyl (C=O) groups is 2. The second-order valence-corrected chi connectivity index (χ2v) is 5.36. The van der Waals surface area contributed by atoms with Gasteiger partial charge in [-0.3, -0.25) is 14.5 Å². The van der Waals surface area contributed by atoms with Crippen LogP contribution in [-0.4, -0.2) is 35.7 Å². The zero-order chi connectivity index (χ0) is 14.6. The van der Waals surface area contributed by atoms with Gasteiger partial charge in [0.25, 0.3) is 0 Å². The van der Waals surface area contributed by atoms with Gasteiger partial charge in [-0.15, -0.1) is 0 Å². The van der Waals surface area contributed by atoms with Crippen LogP contribution in [0.1, 0.15) is 24.2 Å². The molecule has 0 aliphatic carbocycles. The largest absolute Gasteiger partial charge is 0.369 e. The van der Waals surface area contributed by atoms with E-state index in [9.17, 15) is 9.59 Å². The average Bonchev–Trinajstić information content (AvgIpc) is 2.30. The van der Waals surface area contributed by atoms with E-state index in [2.05, 4.69) is 0 Å². The maximum absolute atomic E-state index is 12.2. The summed E-state index contributed by atoms with van der Waals surface area (Å²) >= 11 is 11.8. The van der Waals surface area contributed by atoms with E-state index in [1.54, 1.807) is 17.0 Å². The van der Waals surface area contributed by atoms with Crippen LogP contribution in [0.5, 0.6) is 0 Å². The van der Waals surface area contributed by atoms with Gasteiger partial charge in [0, 0.05) is 16.6 Å². The Morgan fingerprint density at radius 3 is 2.42 bits per heavy atom. The summed E-state index contributed by atoms with van der Waals surface area (Å²) in [6.45, 7) is 3.87. The van der Waals surface area contributed by atoms with E-state index in [0.29, 0.717) is 15.6 Å². The van der Waals surface area contributed by atoms with E-state index in [-0.39, 0.29) is 24.9 Å². The summed E-state index contributed by atoms with van der Waals surface area (Å²) in [6, 6.07) is 4.74. The number of benzene rings is 1. The number of carbonyl (C=O) groups excluding carboxylic acids is 2. The van der Waals surface area contributed by atoms with E-state index in [0.717, 1.165) is 0 Å². The smallest absolute Gasteiger partial charge is 0.231 e. The van der Waals surface area contributed by atoms with Crippen molar-refractivity contribution in [2.75, 3.05) is 13.1 Å². The zero-order valence-corrected chi connectivity index (χ0v) is 12.3. The number of halogens is 2. The van der Waals surface area contributed by atoms with Gasteiger partial charge in [0.2, 0.25) is 5.91 Å². The second kappa shape index (κ2) is 6.89. The van der Waals surface area contributed by atoms with Gasteiger partial charge in [0.1, 0.15) is 0 Å². The van der Waals surface area contributed by atoms with Crippen LogP contribution < -0.4 is 5.73 Å². The van der Waals surface area contributed by atoms with E-state index in [1.807, 2.05) is 13.8 Å². The topological polar surface area (TPSA) is 63.4 Å². The Morgan fingerprint density at radius 2 is 1.89 bits per heavy atom. The van der Waals surface area contributed by atoms with Crippen molar-refractivity contribution in [1.82, 2.24) is 4.90 Å². The van der Waals surface area contributed by atoms with Crippen molar-refractivity contribution < 1.29 is 9.59 Å². The number of nitrogens with zero attached hydrogens (tertiary/aromatic N) is 1. The fraction of sp³-hybridized carbons (Fsp3) is 0.385. The van der Waals surface area contributed by atoms with Crippen LogP contribution in [0.2, 0.25) is 10.0 Å². The van der Waals surface area contributed by atoms with Crippen LogP contribution >= 0.6 is 23.2 Å². The molecule has 1 aromatic carbocycles. The molecule has 0 atom stereocenters. The van der Waals surface area contributed by atoms with Gasteiger partial charge < -0.3 is 5.73 Å². The first-order valence-electron chi connectivity index (χ1n) is 5.82. The number of nitrogens with two attached hydrogens (primary N) is 1. The minimum absolute atomic E-state index is 0.0226. The molecular weight excluding hydrogens is 287 g/mol. The standard InChI is InChI=1S/C13H16Cl2N2O2/c1-8(2)17(7-13(16)19)6-12(18)10-5-9(14)3-4-11(10)15/h3-5,8H,6-7H2,1-2H3,(H2,16,19). The molecule has 19 heavy (non-hydrogen) atoms. The fourth-order valence-corrected chi connectivity index (χ4v) is 2.00. The molecule has 1 amide bonds. The van der Waals surface area contributed by atoms with Crippen LogP contribution in [0.4, 0.5) is 0 Å². The zero-order valence-electron chi connectivity index (χ0n) is 10.8. The molecule has 0 spiro atoms. The maximum atomic E-state index is 12.2. The molecule has 4 nitrogen and oxygen atoms in total. The van der Waals surface area contributed by atoms with Crippen LogP contribution in [0.25, 0.3) is 0 Å².